The van der Waals surface area contributed by atoms with E-state index in [4.69, 9.17) is 0 Å². The maximum Gasteiger partial charge on any atom is 0.129 e. The summed E-state index contributed by atoms with van der Waals surface area (Å²) in [7, 11) is 0. The Hall–Kier alpha value is -1.12. The second-order valence-corrected chi connectivity index (χ2v) is 5.28. The standard InChI is InChI=1S/C14H25N3/c1-6-12-7-14(17-9-16-12)15-8-13(10(2)3)11(4)5/h7,9-11,13H,6,8H2,1-5H3,(H,15,16,17). The van der Waals surface area contributed by atoms with Gasteiger partial charge in [0.1, 0.15) is 12.1 Å². The van der Waals surface area contributed by atoms with E-state index in [-0.39, 0.29) is 0 Å². The smallest absolute Gasteiger partial charge is 0.129 e. The van der Waals surface area contributed by atoms with Gasteiger partial charge in [0.25, 0.3) is 0 Å². The van der Waals surface area contributed by atoms with Crippen LogP contribution in [-0.2, 0) is 6.42 Å². The zero-order valence-corrected chi connectivity index (χ0v) is 11.7. The Balaban J connectivity index is 2.59. The van der Waals surface area contributed by atoms with E-state index < -0.39 is 0 Å². The summed E-state index contributed by atoms with van der Waals surface area (Å²) in [4.78, 5) is 8.46. The summed E-state index contributed by atoms with van der Waals surface area (Å²) in [6.45, 7) is 12.2. The predicted octanol–water partition coefficient (Wildman–Crippen LogP) is 3.38. The average molecular weight is 235 g/mol. The number of hydrogen-bond donors (Lipinski definition) is 1. The minimum absolute atomic E-state index is 0.676. The van der Waals surface area contributed by atoms with Gasteiger partial charge in [0.15, 0.2) is 0 Å². The van der Waals surface area contributed by atoms with Crippen LogP contribution < -0.4 is 5.32 Å². The lowest BCUT2D eigenvalue weighted by atomic mass is 9.85. The van der Waals surface area contributed by atoms with Crippen LogP contribution in [0.2, 0.25) is 0 Å². The number of nitrogens with zero attached hydrogens (tertiary/aromatic N) is 2. The van der Waals surface area contributed by atoms with Crippen LogP contribution in [0.4, 0.5) is 5.82 Å². The second-order valence-electron chi connectivity index (χ2n) is 5.28. The molecule has 0 aliphatic heterocycles. The molecule has 0 fully saturated rings. The lowest BCUT2D eigenvalue weighted by Crippen LogP contribution is -2.24. The van der Waals surface area contributed by atoms with Crippen molar-refractivity contribution >= 4 is 5.82 Å². The second kappa shape index (κ2) is 6.58. The molecular formula is C14H25N3. The topological polar surface area (TPSA) is 37.8 Å². The lowest BCUT2D eigenvalue weighted by molar-refractivity contribution is 0.304. The van der Waals surface area contributed by atoms with Crippen molar-refractivity contribution in [2.75, 3.05) is 11.9 Å². The average Bonchev–Trinajstić information content (AvgIpc) is 2.28. The van der Waals surface area contributed by atoms with Crippen molar-refractivity contribution in [1.29, 1.82) is 0 Å². The van der Waals surface area contributed by atoms with E-state index in [1.54, 1.807) is 6.33 Å². The van der Waals surface area contributed by atoms with Crippen molar-refractivity contribution < 1.29 is 0 Å². The number of anilines is 1. The van der Waals surface area contributed by atoms with Gasteiger partial charge in [-0.15, -0.1) is 0 Å². The fraction of sp³-hybridized carbons (Fsp3) is 0.714. The summed E-state index contributed by atoms with van der Waals surface area (Å²) in [5, 5.41) is 3.43. The largest absolute Gasteiger partial charge is 0.370 e. The van der Waals surface area contributed by atoms with Gasteiger partial charge in [-0.1, -0.05) is 34.6 Å². The highest BCUT2D eigenvalue weighted by Gasteiger charge is 2.17. The molecule has 96 valence electrons. The molecule has 0 saturated carbocycles. The van der Waals surface area contributed by atoms with Gasteiger partial charge in [-0.05, 0) is 24.2 Å². The van der Waals surface area contributed by atoms with Crippen molar-refractivity contribution in [2.45, 2.75) is 41.0 Å². The Kier molecular flexibility index (Phi) is 5.39. The Morgan fingerprint density at radius 2 is 1.76 bits per heavy atom. The molecule has 0 bridgehead atoms. The van der Waals surface area contributed by atoms with Crippen LogP contribution in [0.25, 0.3) is 0 Å². The summed E-state index contributed by atoms with van der Waals surface area (Å²) in [5.41, 5.74) is 1.09. The van der Waals surface area contributed by atoms with Crippen molar-refractivity contribution in [3.05, 3.63) is 18.1 Å². The first-order chi connectivity index (χ1) is 8.04. The van der Waals surface area contributed by atoms with E-state index in [9.17, 15) is 0 Å². The minimum atomic E-state index is 0.676. The van der Waals surface area contributed by atoms with E-state index in [0.29, 0.717) is 17.8 Å². The summed E-state index contributed by atoms with van der Waals surface area (Å²) in [5.74, 6) is 3.00. The molecule has 1 heterocycles. The lowest BCUT2D eigenvalue weighted by Gasteiger charge is -2.25. The molecular weight excluding hydrogens is 210 g/mol. The number of hydrogen-bond acceptors (Lipinski definition) is 3. The number of rotatable bonds is 6. The molecule has 1 aromatic rings. The van der Waals surface area contributed by atoms with Gasteiger partial charge in [-0.2, -0.15) is 0 Å². The Morgan fingerprint density at radius 1 is 1.12 bits per heavy atom. The molecule has 0 spiro atoms. The molecule has 0 atom stereocenters. The van der Waals surface area contributed by atoms with Crippen LogP contribution in [0.3, 0.4) is 0 Å². The van der Waals surface area contributed by atoms with Crippen molar-refractivity contribution in [2.24, 2.45) is 17.8 Å². The van der Waals surface area contributed by atoms with Gasteiger partial charge in [0, 0.05) is 18.3 Å². The highest BCUT2D eigenvalue weighted by Crippen LogP contribution is 2.20. The maximum atomic E-state index is 4.26. The molecule has 1 aromatic heterocycles. The molecule has 0 aliphatic carbocycles. The summed E-state index contributed by atoms with van der Waals surface area (Å²) in [6, 6.07) is 2.04. The van der Waals surface area contributed by atoms with Crippen LogP contribution >= 0.6 is 0 Å². The highest BCUT2D eigenvalue weighted by molar-refractivity contribution is 5.34. The summed E-state index contributed by atoms with van der Waals surface area (Å²) < 4.78 is 0. The molecule has 1 N–H and O–H groups in total. The van der Waals surface area contributed by atoms with E-state index in [2.05, 4.69) is 49.9 Å². The molecule has 17 heavy (non-hydrogen) atoms. The highest BCUT2D eigenvalue weighted by atomic mass is 15.0. The number of aromatic nitrogens is 2. The quantitative estimate of drug-likeness (QED) is 0.821. The van der Waals surface area contributed by atoms with E-state index in [0.717, 1.165) is 24.5 Å². The molecule has 3 heteroatoms. The fourth-order valence-electron chi connectivity index (χ4n) is 2.15. The molecule has 1 rings (SSSR count). The van der Waals surface area contributed by atoms with Crippen LogP contribution in [-0.4, -0.2) is 16.5 Å². The molecule has 0 amide bonds. The van der Waals surface area contributed by atoms with Gasteiger partial charge >= 0.3 is 0 Å². The van der Waals surface area contributed by atoms with Gasteiger partial charge in [-0.25, -0.2) is 9.97 Å². The first-order valence-corrected chi connectivity index (χ1v) is 6.59. The zero-order chi connectivity index (χ0) is 12.8. The van der Waals surface area contributed by atoms with Gasteiger partial charge < -0.3 is 5.32 Å². The first kappa shape index (κ1) is 13.9. The minimum Gasteiger partial charge on any atom is -0.370 e. The van der Waals surface area contributed by atoms with Crippen LogP contribution in [0.15, 0.2) is 12.4 Å². The normalized spacial score (nSPS) is 11.5. The van der Waals surface area contributed by atoms with Crippen molar-refractivity contribution in [1.82, 2.24) is 9.97 Å². The molecule has 0 saturated heterocycles. The van der Waals surface area contributed by atoms with Gasteiger partial charge in [-0.3, -0.25) is 0 Å². The molecule has 0 aliphatic rings. The monoisotopic (exact) mass is 235 g/mol. The first-order valence-electron chi connectivity index (χ1n) is 6.59. The zero-order valence-electron chi connectivity index (χ0n) is 11.7. The van der Waals surface area contributed by atoms with Crippen LogP contribution in [0, 0.1) is 17.8 Å². The van der Waals surface area contributed by atoms with E-state index in [1.165, 1.54) is 0 Å². The summed E-state index contributed by atoms with van der Waals surface area (Å²) in [6.07, 6.45) is 2.59. The van der Waals surface area contributed by atoms with Crippen LogP contribution in [0.1, 0.15) is 40.3 Å². The maximum absolute atomic E-state index is 4.26. The Labute approximate surface area is 105 Å². The third kappa shape index (κ3) is 4.33. The van der Waals surface area contributed by atoms with Crippen LogP contribution in [0.5, 0.6) is 0 Å². The SMILES string of the molecule is CCc1cc(NCC(C(C)C)C(C)C)ncn1. The third-order valence-corrected chi connectivity index (χ3v) is 3.32. The number of nitrogens with one attached hydrogen (secondary N) is 1. The predicted molar refractivity (Wildman–Crippen MR) is 73.1 cm³/mol. The van der Waals surface area contributed by atoms with E-state index in [1.807, 2.05) is 6.07 Å². The van der Waals surface area contributed by atoms with Gasteiger partial charge in [0.2, 0.25) is 0 Å². The Bertz CT molecular complexity index is 326. The molecule has 0 unspecified atom stereocenters. The van der Waals surface area contributed by atoms with Crippen molar-refractivity contribution in [3.8, 4) is 0 Å². The van der Waals surface area contributed by atoms with E-state index >= 15 is 0 Å². The van der Waals surface area contributed by atoms with Crippen molar-refractivity contribution in [3.63, 3.8) is 0 Å². The fourth-order valence-corrected chi connectivity index (χ4v) is 2.15. The van der Waals surface area contributed by atoms with Gasteiger partial charge in [0.05, 0.1) is 0 Å². The third-order valence-electron chi connectivity index (χ3n) is 3.32. The molecule has 0 radical (unpaired) electrons. The Morgan fingerprint density at radius 3 is 2.29 bits per heavy atom. The summed E-state index contributed by atoms with van der Waals surface area (Å²) >= 11 is 0. The number of aryl methyl sites for hydroxylation is 1. The molecule has 3 nitrogen and oxygen atoms in total. The molecule has 0 aromatic carbocycles.